The summed E-state index contributed by atoms with van der Waals surface area (Å²) in [5.74, 6) is -2.07. The lowest BCUT2D eigenvalue weighted by Crippen LogP contribution is -2.46. The summed E-state index contributed by atoms with van der Waals surface area (Å²) in [7, 11) is 0. The molecule has 6 rings (SSSR count). The summed E-state index contributed by atoms with van der Waals surface area (Å²) >= 11 is 0. The summed E-state index contributed by atoms with van der Waals surface area (Å²) in [6, 6.07) is 6.17. The Morgan fingerprint density at radius 2 is 1.24 bits per heavy atom. The highest BCUT2D eigenvalue weighted by Gasteiger charge is 2.58. The van der Waals surface area contributed by atoms with E-state index in [9.17, 15) is 19.8 Å². The second kappa shape index (κ2) is 8.06. The van der Waals surface area contributed by atoms with Crippen molar-refractivity contribution in [3.8, 4) is 0 Å². The third-order valence-corrected chi connectivity index (χ3v) is 7.04. The highest BCUT2D eigenvalue weighted by molar-refractivity contribution is 6.21. The van der Waals surface area contributed by atoms with E-state index < -0.39 is 42.0 Å². The number of aliphatic hydroxyl groups excluding tert-OH is 2. The second-order valence-corrected chi connectivity index (χ2v) is 10.5. The van der Waals surface area contributed by atoms with Crippen molar-refractivity contribution in [2.75, 3.05) is 0 Å². The van der Waals surface area contributed by atoms with Gasteiger partial charge in [0.05, 0.1) is 29.4 Å². The molecule has 2 saturated heterocycles. The number of benzene rings is 1. The largest absolute Gasteiger partial charge is 0.390 e. The van der Waals surface area contributed by atoms with E-state index >= 15 is 0 Å². The van der Waals surface area contributed by atoms with Gasteiger partial charge in [0.1, 0.15) is 24.4 Å². The maximum absolute atomic E-state index is 12.6. The number of amides is 2. The van der Waals surface area contributed by atoms with E-state index in [0.29, 0.717) is 17.5 Å². The SMILES string of the molecule is CC1(C)O[C@@H]2[C@H](O1)[C@@H](O)C[C@H]2N.CC1(C)O[C@@H]2[C@H](O1)[C@@H](O)C[C@H]2N1C(=O)c2ccccc2C1=O. The summed E-state index contributed by atoms with van der Waals surface area (Å²) in [4.78, 5) is 26.4. The van der Waals surface area contributed by atoms with E-state index in [-0.39, 0.29) is 36.5 Å². The summed E-state index contributed by atoms with van der Waals surface area (Å²) in [6.45, 7) is 7.20. The van der Waals surface area contributed by atoms with Crippen molar-refractivity contribution in [1.29, 1.82) is 0 Å². The highest BCUT2D eigenvalue weighted by atomic mass is 16.8. The first-order chi connectivity index (χ1) is 15.9. The van der Waals surface area contributed by atoms with Gasteiger partial charge in [-0.15, -0.1) is 0 Å². The molecule has 1 aromatic rings. The minimum absolute atomic E-state index is 0.0909. The van der Waals surface area contributed by atoms with Gasteiger partial charge in [0.2, 0.25) is 0 Å². The quantitative estimate of drug-likeness (QED) is 0.495. The molecule has 2 aliphatic carbocycles. The van der Waals surface area contributed by atoms with Crippen LogP contribution < -0.4 is 5.73 Å². The Morgan fingerprint density at radius 1 is 0.794 bits per heavy atom. The molecule has 186 valence electrons. The smallest absolute Gasteiger partial charge is 0.261 e. The molecule has 1 aromatic carbocycles. The van der Waals surface area contributed by atoms with Crippen LogP contribution in [0, 0.1) is 0 Å². The lowest BCUT2D eigenvalue weighted by Gasteiger charge is -2.27. The van der Waals surface area contributed by atoms with E-state index in [1.165, 1.54) is 4.90 Å². The normalized spacial score (nSPS) is 41.2. The van der Waals surface area contributed by atoms with Crippen LogP contribution in [0.15, 0.2) is 24.3 Å². The number of nitrogens with zero attached hydrogens (tertiary/aromatic N) is 1. The molecule has 3 heterocycles. The van der Waals surface area contributed by atoms with Gasteiger partial charge in [-0.05, 0) is 52.7 Å². The van der Waals surface area contributed by atoms with Crippen LogP contribution in [-0.2, 0) is 18.9 Å². The van der Waals surface area contributed by atoms with Gasteiger partial charge in [0.25, 0.3) is 11.8 Å². The zero-order valence-corrected chi connectivity index (χ0v) is 19.7. The lowest BCUT2D eigenvalue weighted by atomic mass is 10.1. The molecule has 0 bridgehead atoms. The molecule has 2 saturated carbocycles. The van der Waals surface area contributed by atoms with Gasteiger partial charge < -0.3 is 34.9 Å². The molecule has 5 aliphatic rings. The number of nitrogens with two attached hydrogens (primary N) is 1. The molecule has 10 nitrogen and oxygen atoms in total. The maximum Gasteiger partial charge on any atom is 0.261 e. The number of imide groups is 1. The molecule has 0 spiro atoms. The van der Waals surface area contributed by atoms with Crippen LogP contribution >= 0.6 is 0 Å². The predicted octanol–water partition coefficient (Wildman–Crippen LogP) is 0.534. The number of fused-ring (bicyclic) bond motifs is 3. The monoisotopic (exact) mass is 476 g/mol. The first-order valence-electron chi connectivity index (χ1n) is 11.7. The topological polar surface area (TPSA) is 141 Å². The number of ether oxygens (including phenoxy) is 4. The molecule has 3 aliphatic heterocycles. The van der Waals surface area contributed by atoms with Crippen LogP contribution in [0.5, 0.6) is 0 Å². The van der Waals surface area contributed by atoms with Crippen LogP contribution in [0.4, 0.5) is 0 Å². The van der Waals surface area contributed by atoms with E-state index in [1.54, 1.807) is 38.1 Å². The Hall–Kier alpha value is -1.92. The number of carbonyl (C=O) groups excluding carboxylic acids is 2. The van der Waals surface area contributed by atoms with E-state index in [4.69, 9.17) is 24.7 Å². The van der Waals surface area contributed by atoms with E-state index in [0.717, 1.165) is 0 Å². The molecular weight excluding hydrogens is 444 g/mol. The number of carbonyl (C=O) groups is 2. The molecule has 4 N–H and O–H groups in total. The van der Waals surface area contributed by atoms with Crippen LogP contribution in [0.3, 0.4) is 0 Å². The molecular formula is C24H32N2O8. The minimum atomic E-state index is -0.826. The Bertz CT molecular complexity index is 944. The number of rotatable bonds is 1. The van der Waals surface area contributed by atoms with Crippen molar-refractivity contribution < 1.29 is 38.7 Å². The van der Waals surface area contributed by atoms with Crippen LogP contribution in [0.1, 0.15) is 61.3 Å². The first-order valence-corrected chi connectivity index (χ1v) is 11.7. The predicted molar refractivity (Wildman–Crippen MR) is 118 cm³/mol. The lowest BCUT2D eigenvalue weighted by molar-refractivity contribution is -0.166. The Morgan fingerprint density at radius 3 is 1.76 bits per heavy atom. The molecule has 0 aromatic heterocycles. The number of hydrogen-bond acceptors (Lipinski definition) is 9. The number of aliphatic hydroxyl groups is 2. The van der Waals surface area contributed by atoms with Crippen molar-refractivity contribution in [1.82, 2.24) is 4.90 Å². The van der Waals surface area contributed by atoms with Gasteiger partial charge in [0, 0.05) is 6.04 Å². The van der Waals surface area contributed by atoms with Crippen molar-refractivity contribution in [2.45, 2.75) is 101 Å². The minimum Gasteiger partial charge on any atom is -0.390 e. The van der Waals surface area contributed by atoms with Gasteiger partial charge in [-0.1, -0.05) is 12.1 Å². The van der Waals surface area contributed by atoms with Gasteiger partial charge in [-0.2, -0.15) is 0 Å². The molecule has 4 fully saturated rings. The summed E-state index contributed by atoms with van der Waals surface area (Å²) in [5, 5.41) is 19.7. The Kier molecular flexibility index (Phi) is 5.64. The zero-order valence-electron chi connectivity index (χ0n) is 19.7. The summed E-state index contributed by atoms with van der Waals surface area (Å²) in [6.07, 6.45) is -1.73. The molecule has 2 amide bonds. The highest BCUT2D eigenvalue weighted by Crippen LogP contribution is 2.42. The standard InChI is InChI=1S/C16H17NO5.C8H15NO3/c1-16(2)21-12-10(7-11(18)13(12)22-16)17-14(19)8-5-3-4-6-9(8)15(17)20;1-8(2)11-6-4(9)3-5(10)7(6)12-8/h3-6,10-13,18H,7H2,1-2H3;4-7,10H,3,9H2,1-2H3/t10-,11+,12+,13-;4-,5+,6+,7-/m11/s1. The van der Waals surface area contributed by atoms with Gasteiger partial charge in [0.15, 0.2) is 11.6 Å². The second-order valence-electron chi connectivity index (χ2n) is 10.5. The van der Waals surface area contributed by atoms with Crippen molar-refractivity contribution in [3.05, 3.63) is 35.4 Å². The third-order valence-electron chi connectivity index (χ3n) is 7.04. The van der Waals surface area contributed by atoms with Crippen molar-refractivity contribution in [2.24, 2.45) is 5.73 Å². The zero-order chi connectivity index (χ0) is 24.6. The van der Waals surface area contributed by atoms with Crippen molar-refractivity contribution >= 4 is 11.8 Å². The Balaban J connectivity index is 0.000000169. The average molecular weight is 477 g/mol. The van der Waals surface area contributed by atoms with E-state index in [1.807, 2.05) is 13.8 Å². The third kappa shape index (κ3) is 3.87. The first kappa shape index (κ1) is 23.8. The fourth-order valence-corrected chi connectivity index (χ4v) is 5.68. The van der Waals surface area contributed by atoms with E-state index in [2.05, 4.69) is 0 Å². The van der Waals surface area contributed by atoms with Gasteiger partial charge in [-0.25, -0.2) is 0 Å². The van der Waals surface area contributed by atoms with Crippen LogP contribution in [-0.4, -0.2) is 87.2 Å². The molecule has 10 heteroatoms. The Labute approximate surface area is 197 Å². The molecule has 0 radical (unpaired) electrons. The van der Waals surface area contributed by atoms with Gasteiger partial charge >= 0.3 is 0 Å². The number of hydrogen-bond donors (Lipinski definition) is 3. The molecule has 34 heavy (non-hydrogen) atoms. The van der Waals surface area contributed by atoms with Crippen molar-refractivity contribution in [3.63, 3.8) is 0 Å². The summed E-state index contributed by atoms with van der Waals surface area (Å²) in [5.41, 5.74) is 6.58. The fraction of sp³-hybridized carbons (Fsp3) is 0.667. The fourth-order valence-electron chi connectivity index (χ4n) is 5.68. The maximum atomic E-state index is 12.6. The van der Waals surface area contributed by atoms with Crippen LogP contribution in [0.25, 0.3) is 0 Å². The van der Waals surface area contributed by atoms with Gasteiger partial charge in [-0.3, -0.25) is 14.5 Å². The van der Waals surface area contributed by atoms with Crippen LogP contribution in [0.2, 0.25) is 0 Å². The average Bonchev–Trinajstić information content (AvgIpc) is 3.48. The summed E-state index contributed by atoms with van der Waals surface area (Å²) < 4.78 is 22.6. The molecule has 8 atom stereocenters. The molecule has 0 unspecified atom stereocenters.